The van der Waals surface area contributed by atoms with Gasteiger partial charge in [-0.3, -0.25) is 14.6 Å². The van der Waals surface area contributed by atoms with E-state index in [0.29, 0.717) is 19.7 Å². The summed E-state index contributed by atoms with van der Waals surface area (Å²) in [6.07, 6.45) is 3.40. The molecule has 0 aliphatic carbocycles. The van der Waals surface area contributed by atoms with Gasteiger partial charge in [-0.25, -0.2) is 0 Å². The Morgan fingerprint density at radius 2 is 2.08 bits per heavy atom. The molecule has 6 heteroatoms. The number of aromatic amines is 1. The fourth-order valence-corrected chi connectivity index (χ4v) is 2.97. The zero-order valence-electron chi connectivity index (χ0n) is 14.6. The first-order valence-corrected chi connectivity index (χ1v) is 8.56. The smallest absolute Gasteiger partial charge is 0.261 e. The Morgan fingerprint density at radius 1 is 1.32 bits per heavy atom. The maximum absolute atomic E-state index is 12.6. The molecule has 25 heavy (non-hydrogen) atoms. The summed E-state index contributed by atoms with van der Waals surface area (Å²) in [6, 6.07) is 7.43. The average molecular weight is 341 g/mol. The molecule has 1 amide bonds. The van der Waals surface area contributed by atoms with Crippen LogP contribution >= 0.6 is 0 Å². The monoisotopic (exact) mass is 341 g/mol. The van der Waals surface area contributed by atoms with Crippen LogP contribution in [-0.2, 0) is 11.3 Å². The average Bonchev–Trinajstić information content (AvgIpc) is 2.64. The minimum atomic E-state index is -0.318. The van der Waals surface area contributed by atoms with Crippen molar-refractivity contribution in [2.45, 2.75) is 39.4 Å². The van der Waals surface area contributed by atoms with Crippen LogP contribution in [0, 0.1) is 13.8 Å². The van der Waals surface area contributed by atoms with Gasteiger partial charge < -0.3 is 14.6 Å². The molecule has 6 nitrogen and oxygen atoms in total. The van der Waals surface area contributed by atoms with Crippen molar-refractivity contribution < 1.29 is 9.53 Å². The molecule has 3 rings (SSSR count). The van der Waals surface area contributed by atoms with Crippen molar-refractivity contribution in [1.82, 2.24) is 14.9 Å². The number of hydrogen-bond acceptors (Lipinski definition) is 4. The summed E-state index contributed by atoms with van der Waals surface area (Å²) in [5.41, 5.74) is 2.51. The molecule has 2 aromatic rings. The lowest BCUT2D eigenvalue weighted by Crippen LogP contribution is -2.42. The van der Waals surface area contributed by atoms with Gasteiger partial charge in [-0.05, 0) is 50.5 Å². The Bertz CT molecular complexity index is 793. The lowest BCUT2D eigenvalue weighted by atomic mass is 10.1. The Kier molecular flexibility index (Phi) is 5.28. The van der Waals surface area contributed by atoms with E-state index in [2.05, 4.69) is 9.97 Å². The van der Waals surface area contributed by atoms with Crippen LogP contribution in [0.2, 0.25) is 0 Å². The molecule has 0 unspecified atom stereocenters. The third-order valence-corrected chi connectivity index (χ3v) is 4.65. The first-order valence-electron chi connectivity index (χ1n) is 8.56. The van der Waals surface area contributed by atoms with Gasteiger partial charge in [0.1, 0.15) is 5.56 Å². The molecule has 1 aliphatic heterocycles. The van der Waals surface area contributed by atoms with E-state index in [1.165, 1.54) is 0 Å². The summed E-state index contributed by atoms with van der Waals surface area (Å²) >= 11 is 0. The standard InChI is InChI=1S/C19H23N3O3/c1-13-11-17(18(23)21-14(13)2)19(24)22-9-6-16(7-10-22)25-12-15-5-3-4-8-20-15/h3-5,8,11,16H,6-7,9-10,12H2,1-2H3,(H,21,23). The Hall–Kier alpha value is -2.47. The van der Waals surface area contributed by atoms with Crippen molar-refractivity contribution >= 4 is 5.91 Å². The molecule has 0 spiro atoms. The molecule has 0 atom stereocenters. The molecule has 1 fully saturated rings. The molecule has 2 aromatic heterocycles. The van der Waals surface area contributed by atoms with Crippen LogP contribution in [0.4, 0.5) is 0 Å². The number of pyridine rings is 2. The number of carbonyl (C=O) groups excluding carboxylic acids is 1. The molecular weight excluding hydrogens is 318 g/mol. The number of hydrogen-bond donors (Lipinski definition) is 1. The van der Waals surface area contributed by atoms with Gasteiger partial charge in [-0.2, -0.15) is 0 Å². The van der Waals surface area contributed by atoms with Gasteiger partial charge in [-0.1, -0.05) is 6.07 Å². The molecule has 0 aromatic carbocycles. The summed E-state index contributed by atoms with van der Waals surface area (Å²) in [6.45, 7) is 5.39. The number of ether oxygens (including phenoxy) is 1. The summed E-state index contributed by atoms with van der Waals surface area (Å²) < 4.78 is 5.89. The maximum atomic E-state index is 12.6. The van der Waals surface area contributed by atoms with Crippen molar-refractivity contribution in [2.24, 2.45) is 0 Å². The topological polar surface area (TPSA) is 75.3 Å². The predicted octanol–water partition coefficient (Wildman–Crippen LogP) is 2.21. The Labute approximate surface area is 146 Å². The third kappa shape index (κ3) is 4.14. The van der Waals surface area contributed by atoms with Crippen molar-refractivity contribution in [3.63, 3.8) is 0 Å². The number of nitrogens with zero attached hydrogens (tertiary/aromatic N) is 2. The predicted molar refractivity (Wildman–Crippen MR) is 94.5 cm³/mol. The number of rotatable bonds is 4. The van der Waals surface area contributed by atoms with Gasteiger partial charge in [0.05, 0.1) is 18.4 Å². The number of aromatic nitrogens is 2. The van der Waals surface area contributed by atoms with E-state index >= 15 is 0 Å². The van der Waals surface area contributed by atoms with E-state index in [4.69, 9.17) is 4.74 Å². The van der Waals surface area contributed by atoms with Gasteiger partial charge in [0, 0.05) is 25.0 Å². The molecule has 1 saturated heterocycles. The molecule has 132 valence electrons. The lowest BCUT2D eigenvalue weighted by molar-refractivity contribution is -0.00164. The van der Waals surface area contributed by atoms with Crippen LogP contribution in [0.1, 0.15) is 40.2 Å². The Balaban J connectivity index is 1.56. The normalized spacial score (nSPS) is 15.4. The molecule has 0 radical (unpaired) electrons. The highest BCUT2D eigenvalue weighted by Crippen LogP contribution is 2.17. The second kappa shape index (κ2) is 7.61. The largest absolute Gasteiger partial charge is 0.372 e. The highest BCUT2D eigenvalue weighted by atomic mass is 16.5. The molecule has 3 heterocycles. The van der Waals surface area contributed by atoms with Crippen molar-refractivity contribution in [3.8, 4) is 0 Å². The Morgan fingerprint density at radius 3 is 2.76 bits per heavy atom. The van der Waals surface area contributed by atoms with E-state index in [1.54, 1.807) is 17.2 Å². The highest BCUT2D eigenvalue weighted by molar-refractivity contribution is 5.94. The lowest BCUT2D eigenvalue weighted by Gasteiger charge is -2.31. The number of likely N-dealkylation sites (tertiary alicyclic amines) is 1. The summed E-state index contributed by atoms with van der Waals surface area (Å²) in [5.74, 6) is -0.201. The van der Waals surface area contributed by atoms with E-state index in [0.717, 1.165) is 29.8 Å². The van der Waals surface area contributed by atoms with Crippen LogP contribution in [0.25, 0.3) is 0 Å². The molecule has 1 N–H and O–H groups in total. The minimum absolute atomic E-state index is 0.115. The number of piperidine rings is 1. The van der Waals surface area contributed by atoms with Gasteiger partial charge >= 0.3 is 0 Å². The minimum Gasteiger partial charge on any atom is -0.372 e. The van der Waals surface area contributed by atoms with Gasteiger partial charge in [-0.15, -0.1) is 0 Å². The maximum Gasteiger partial charge on any atom is 0.261 e. The second-order valence-corrected chi connectivity index (χ2v) is 6.44. The van der Waals surface area contributed by atoms with Crippen molar-refractivity contribution in [1.29, 1.82) is 0 Å². The van der Waals surface area contributed by atoms with Crippen LogP contribution in [0.3, 0.4) is 0 Å². The number of aryl methyl sites for hydroxylation is 2. The summed E-state index contributed by atoms with van der Waals surface area (Å²) in [5, 5.41) is 0. The number of H-pyrrole nitrogens is 1. The van der Waals surface area contributed by atoms with E-state index < -0.39 is 0 Å². The van der Waals surface area contributed by atoms with Crippen LogP contribution < -0.4 is 5.56 Å². The highest BCUT2D eigenvalue weighted by Gasteiger charge is 2.25. The number of nitrogens with one attached hydrogen (secondary N) is 1. The molecule has 0 saturated carbocycles. The zero-order chi connectivity index (χ0) is 17.8. The number of amides is 1. The van der Waals surface area contributed by atoms with Gasteiger partial charge in [0.15, 0.2) is 0 Å². The van der Waals surface area contributed by atoms with E-state index in [1.807, 2.05) is 32.0 Å². The van der Waals surface area contributed by atoms with Gasteiger partial charge in [0.25, 0.3) is 11.5 Å². The molecular formula is C19H23N3O3. The van der Waals surface area contributed by atoms with E-state index in [-0.39, 0.29) is 23.1 Å². The third-order valence-electron chi connectivity index (χ3n) is 4.65. The fourth-order valence-electron chi connectivity index (χ4n) is 2.97. The fraction of sp³-hybridized carbons (Fsp3) is 0.421. The van der Waals surface area contributed by atoms with E-state index in [9.17, 15) is 9.59 Å². The quantitative estimate of drug-likeness (QED) is 0.925. The van der Waals surface area contributed by atoms with Crippen LogP contribution in [-0.4, -0.2) is 40.0 Å². The van der Waals surface area contributed by atoms with Crippen molar-refractivity contribution in [2.75, 3.05) is 13.1 Å². The first kappa shape index (κ1) is 17.4. The zero-order valence-corrected chi connectivity index (χ0v) is 14.6. The number of carbonyl (C=O) groups is 1. The molecule has 0 bridgehead atoms. The summed E-state index contributed by atoms with van der Waals surface area (Å²) in [4.78, 5) is 33.4. The van der Waals surface area contributed by atoms with Crippen LogP contribution in [0.15, 0.2) is 35.3 Å². The second-order valence-electron chi connectivity index (χ2n) is 6.44. The van der Waals surface area contributed by atoms with Gasteiger partial charge in [0.2, 0.25) is 0 Å². The van der Waals surface area contributed by atoms with Crippen molar-refractivity contribution in [3.05, 3.63) is 63.3 Å². The first-order chi connectivity index (χ1) is 12.0. The molecule has 1 aliphatic rings. The SMILES string of the molecule is Cc1cc(C(=O)N2CCC(OCc3ccccn3)CC2)c(=O)[nH]c1C. The van der Waals surface area contributed by atoms with Crippen LogP contribution in [0.5, 0.6) is 0 Å². The summed E-state index contributed by atoms with van der Waals surface area (Å²) in [7, 11) is 0.